The number of esters is 2. The van der Waals surface area contributed by atoms with Crippen molar-refractivity contribution < 1.29 is 28.6 Å². The van der Waals surface area contributed by atoms with Gasteiger partial charge in [-0.1, -0.05) is 30.3 Å². The maximum atomic E-state index is 13.5. The number of carbonyl (C=O) groups is 3. The summed E-state index contributed by atoms with van der Waals surface area (Å²) in [6, 6.07) is 17.2. The Morgan fingerprint density at radius 2 is 1.34 bits per heavy atom. The topological polar surface area (TPSA) is 78.9 Å². The lowest BCUT2D eigenvalue weighted by Gasteiger charge is -2.21. The number of rotatable bonds is 6. The molecule has 0 saturated carbocycles. The van der Waals surface area contributed by atoms with Crippen LogP contribution in [0.3, 0.4) is 0 Å². The Balaban J connectivity index is 1.63. The third kappa shape index (κ3) is 6.94. The zero-order chi connectivity index (χ0) is 30.1. The summed E-state index contributed by atoms with van der Waals surface area (Å²) in [6.45, 7) is 14.9. The first-order valence-electron chi connectivity index (χ1n) is 13.8. The van der Waals surface area contributed by atoms with Crippen molar-refractivity contribution >= 4 is 23.8 Å². The summed E-state index contributed by atoms with van der Waals surface area (Å²) in [5.41, 5.74) is 4.12. The highest BCUT2D eigenvalue weighted by molar-refractivity contribution is 6.16. The number of ether oxygens (including phenoxy) is 3. The van der Waals surface area contributed by atoms with Gasteiger partial charge in [0.25, 0.3) is 0 Å². The van der Waals surface area contributed by atoms with E-state index in [4.69, 9.17) is 14.2 Å². The number of benzene rings is 3. The maximum Gasteiger partial charge on any atom is 0.316 e. The second-order valence-corrected chi connectivity index (χ2v) is 12.7. The second kappa shape index (κ2) is 11.4. The van der Waals surface area contributed by atoms with Crippen LogP contribution in [0, 0.1) is 24.7 Å². The Labute approximate surface area is 242 Å². The zero-order valence-corrected chi connectivity index (χ0v) is 25.1. The quantitative estimate of drug-likeness (QED) is 0.177. The van der Waals surface area contributed by atoms with Crippen LogP contribution in [0.1, 0.15) is 79.7 Å². The largest absolute Gasteiger partial charge is 0.488 e. The molecule has 0 saturated heterocycles. The van der Waals surface area contributed by atoms with E-state index in [-0.39, 0.29) is 17.3 Å². The molecule has 0 unspecified atom stereocenters. The lowest BCUT2D eigenvalue weighted by Crippen LogP contribution is -2.28. The van der Waals surface area contributed by atoms with E-state index in [0.717, 1.165) is 28.0 Å². The molecule has 0 spiro atoms. The molecule has 214 valence electrons. The number of fused-ring (bicyclic) bond motifs is 1. The van der Waals surface area contributed by atoms with Gasteiger partial charge in [0.15, 0.2) is 17.3 Å². The zero-order valence-electron chi connectivity index (χ0n) is 25.1. The Morgan fingerprint density at radius 3 is 1.88 bits per heavy atom. The third-order valence-electron chi connectivity index (χ3n) is 6.77. The van der Waals surface area contributed by atoms with Gasteiger partial charge in [0, 0.05) is 17.6 Å². The van der Waals surface area contributed by atoms with Gasteiger partial charge >= 0.3 is 11.9 Å². The minimum atomic E-state index is -0.786. The van der Waals surface area contributed by atoms with Crippen LogP contribution in [-0.4, -0.2) is 17.7 Å². The lowest BCUT2D eigenvalue weighted by molar-refractivity contribution is -0.145. The average Bonchev–Trinajstić information content (AvgIpc) is 3.17. The van der Waals surface area contributed by atoms with E-state index in [1.54, 1.807) is 47.6 Å². The minimum absolute atomic E-state index is 0.0579. The molecular formula is C35H38O6. The number of hydrogen-bond acceptors (Lipinski definition) is 6. The maximum absolute atomic E-state index is 13.5. The summed E-state index contributed by atoms with van der Waals surface area (Å²) in [4.78, 5) is 38.9. The van der Waals surface area contributed by atoms with Crippen molar-refractivity contribution in [1.29, 1.82) is 0 Å². The summed E-state index contributed by atoms with van der Waals surface area (Å²) in [5, 5.41) is 0. The summed E-state index contributed by atoms with van der Waals surface area (Å²) < 4.78 is 17.4. The van der Waals surface area contributed by atoms with Crippen molar-refractivity contribution in [2.75, 3.05) is 0 Å². The van der Waals surface area contributed by atoms with Gasteiger partial charge in [-0.3, -0.25) is 14.4 Å². The van der Waals surface area contributed by atoms with Gasteiger partial charge in [-0.05, 0) is 114 Å². The summed E-state index contributed by atoms with van der Waals surface area (Å²) in [5.74, 6) is -0.100. The van der Waals surface area contributed by atoms with Crippen molar-refractivity contribution in [2.45, 2.75) is 68.4 Å². The molecule has 6 nitrogen and oxygen atoms in total. The van der Waals surface area contributed by atoms with Gasteiger partial charge in [0.1, 0.15) is 12.4 Å². The Kier molecular flexibility index (Phi) is 8.25. The fourth-order valence-electron chi connectivity index (χ4n) is 4.43. The number of Topliss-reactive ketones (excluding diaryl/α,β-unsaturated/α-hetero) is 1. The van der Waals surface area contributed by atoms with E-state index in [2.05, 4.69) is 0 Å². The molecule has 0 aromatic heterocycles. The number of aryl methyl sites for hydroxylation is 2. The average molecular weight is 555 g/mol. The van der Waals surface area contributed by atoms with Gasteiger partial charge < -0.3 is 14.2 Å². The molecule has 3 aromatic carbocycles. The molecule has 0 N–H and O–H groups in total. The van der Waals surface area contributed by atoms with Crippen molar-refractivity contribution in [3.05, 3.63) is 93.6 Å². The Morgan fingerprint density at radius 1 is 0.805 bits per heavy atom. The van der Waals surface area contributed by atoms with Crippen molar-refractivity contribution in [1.82, 2.24) is 0 Å². The van der Waals surface area contributed by atoms with Crippen molar-refractivity contribution in [2.24, 2.45) is 10.8 Å². The molecular weight excluding hydrogens is 516 g/mol. The summed E-state index contributed by atoms with van der Waals surface area (Å²) in [6.07, 6.45) is 2.25. The molecule has 0 radical (unpaired) electrons. The molecule has 0 atom stereocenters. The van der Waals surface area contributed by atoms with Crippen LogP contribution in [-0.2, 0) is 22.6 Å². The number of carbonyl (C=O) groups excluding carboxylic acids is 3. The second-order valence-electron chi connectivity index (χ2n) is 12.7. The first kappa shape index (κ1) is 29.8. The molecule has 6 heteroatoms. The van der Waals surface area contributed by atoms with Gasteiger partial charge in [0.05, 0.1) is 10.8 Å². The molecule has 0 heterocycles. The highest BCUT2D eigenvalue weighted by Crippen LogP contribution is 2.39. The number of hydrogen-bond donors (Lipinski definition) is 0. The van der Waals surface area contributed by atoms with Crippen LogP contribution in [0.25, 0.3) is 6.08 Å². The fourth-order valence-corrected chi connectivity index (χ4v) is 4.43. The molecule has 0 aliphatic heterocycles. The van der Waals surface area contributed by atoms with Crippen LogP contribution < -0.4 is 14.2 Å². The van der Waals surface area contributed by atoms with Gasteiger partial charge in [-0.15, -0.1) is 0 Å². The smallest absolute Gasteiger partial charge is 0.316 e. The molecule has 0 amide bonds. The molecule has 1 aliphatic rings. The van der Waals surface area contributed by atoms with Crippen LogP contribution in [0.2, 0.25) is 0 Å². The van der Waals surface area contributed by atoms with Gasteiger partial charge in [0.2, 0.25) is 0 Å². The highest BCUT2D eigenvalue weighted by Gasteiger charge is 2.32. The fraction of sp³-hybridized carbons (Fsp3) is 0.343. The van der Waals surface area contributed by atoms with Crippen molar-refractivity contribution in [3.63, 3.8) is 0 Å². The molecule has 3 aromatic rings. The van der Waals surface area contributed by atoms with E-state index in [1.807, 2.05) is 62.4 Å². The molecule has 0 bridgehead atoms. The van der Waals surface area contributed by atoms with E-state index in [0.29, 0.717) is 29.7 Å². The summed E-state index contributed by atoms with van der Waals surface area (Å²) >= 11 is 0. The number of allylic oxidation sites excluding steroid dienone is 1. The Hall–Kier alpha value is -4.19. The lowest BCUT2D eigenvalue weighted by atomic mass is 9.97. The predicted molar refractivity (Wildman–Crippen MR) is 159 cm³/mol. The standard InChI is InChI=1S/C35H38O6/c1-21-14-24(15-22(2)31(21)39-20-23-12-10-9-11-13-23)16-26-17-25-18-28(40-32(37)34(3,4)5)29(19-27(25)30(26)36)41-33(38)35(6,7)8/h9-16,18-19H,17,20H2,1-8H3/b26-16+. The van der Waals surface area contributed by atoms with E-state index in [9.17, 15) is 14.4 Å². The molecule has 0 fully saturated rings. The first-order valence-corrected chi connectivity index (χ1v) is 13.8. The first-order chi connectivity index (χ1) is 19.1. The van der Waals surface area contributed by atoms with E-state index < -0.39 is 22.8 Å². The van der Waals surface area contributed by atoms with Crippen LogP contribution in [0.5, 0.6) is 17.2 Å². The van der Waals surface area contributed by atoms with E-state index >= 15 is 0 Å². The van der Waals surface area contributed by atoms with E-state index in [1.165, 1.54) is 6.07 Å². The number of ketones is 1. The monoisotopic (exact) mass is 554 g/mol. The highest BCUT2D eigenvalue weighted by atomic mass is 16.6. The normalized spacial score (nSPS) is 14.1. The van der Waals surface area contributed by atoms with Crippen LogP contribution >= 0.6 is 0 Å². The summed E-state index contributed by atoms with van der Waals surface area (Å²) in [7, 11) is 0. The molecule has 41 heavy (non-hydrogen) atoms. The Bertz CT molecular complexity index is 1510. The predicted octanol–water partition coefficient (Wildman–Crippen LogP) is 7.61. The molecule has 4 rings (SSSR count). The van der Waals surface area contributed by atoms with Crippen LogP contribution in [0.15, 0.2) is 60.2 Å². The molecule has 1 aliphatic carbocycles. The van der Waals surface area contributed by atoms with Gasteiger partial charge in [-0.2, -0.15) is 0 Å². The van der Waals surface area contributed by atoms with Crippen LogP contribution in [0.4, 0.5) is 0 Å². The SMILES string of the molecule is Cc1cc(/C=C2\Cc3cc(OC(=O)C(C)(C)C)c(OC(=O)C(C)(C)C)cc3C2=O)cc(C)c1OCc1ccccc1. The van der Waals surface area contributed by atoms with Gasteiger partial charge in [-0.25, -0.2) is 0 Å². The van der Waals surface area contributed by atoms with Crippen molar-refractivity contribution in [3.8, 4) is 17.2 Å². The minimum Gasteiger partial charge on any atom is -0.488 e. The third-order valence-corrected chi connectivity index (χ3v) is 6.77.